The molecule has 4 nitrogen and oxygen atoms in total. The molecule has 0 amide bonds. The van der Waals surface area contributed by atoms with Gasteiger partial charge in [0.05, 0.1) is 17.8 Å². The molecule has 0 spiro atoms. The molecular formula is C21H22N4S. The maximum Gasteiger partial charge on any atom is 0.174 e. The second-order valence-corrected chi connectivity index (χ2v) is 7.25. The fourth-order valence-electron chi connectivity index (χ4n) is 3.71. The van der Waals surface area contributed by atoms with Crippen LogP contribution in [-0.2, 0) is 0 Å². The topological polar surface area (TPSA) is 44.0 Å². The van der Waals surface area contributed by atoms with Gasteiger partial charge in [-0.05, 0) is 68.9 Å². The number of rotatable bonds is 3. The molecule has 1 aromatic carbocycles. The van der Waals surface area contributed by atoms with Crippen LogP contribution in [0.25, 0.3) is 0 Å². The molecular weight excluding hydrogens is 340 g/mol. The van der Waals surface area contributed by atoms with E-state index in [4.69, 9.17) is 12.2 Å². The standard InChI is InChI=1S/C21H22N4S/c1-13-7-9-16(10-8-13)25-20(17-12-14(2)23-15(17)3)19(24-21(25)26)18-6-4-5-11-22-18/h4-12,19-20,23H,1-3H3,(H,24,26)/t19-,20+/m0/s1. The smallest absolute Gasteiger partial charge is 0.174 e. The number of nitrogens with one attached hydrogen (secondary N) is 2. The van der Waals surface area contributed by atoms with Crippen LogP contribution in [0.5, 0.6) is 0 Å². The molecule has 0 radical (unpaired) electrons. The molecule has 26 heavy (non-hydrogen) atoms. The lowest BCUT2D eigenvalue weighted by atomic mass is 9.96. The van der Waals surface area contributed by atoms with Crippen LogP contribution < -0.4 is 10.2 Å². The van der Waals surface area contributed by atoms with Crippen molar-refractivity contribution in [2.24, 2.45) is 0 Å². The van der Waals surface area contributed by atoms with Crippen molar-refractivity contribution in [3.05, 3.63) is 82.9 Å². The summed E-state index contributed by atoms with van der Waals surface area (Å²) in [4.78, 5) is 10.2. The van der Waals surface area contributed by atoms with Gasteiger partial charge in [0.25, 0.3) is 0 Å². The highest BCUT2D eigenvalue weighted by atomic mass is 32.1. The lowest BCUT2D eigenvalue weighted by Crippen LogP contribution is -2.29. The molecule has 2 aromatic heterocycles. The minimum absolute atomic E-state index is 0.00102. The third kappa shape index (κ3) is 2.88. The largest absolute Gasteiger partial charge is 0.362 e. The molecule has 132 valence electrons. The Morgan fingerprint density at radius 1 is 1.04 bits per heavy atom. The molecule has 3 heterocycles. The molecule has 4 rings (SSSR count). The quantitative estimate of drug-likeness (QED) is 0.673. The van der Waals surface area contributed by atoms with E-state index in [1.165, 1.54) is 11.1 Å². The van der Waals surface area contributed by atoms with Crippen molar-refractivity contribution in [1.29, 1.82) is 0 Å². The van der Waals surface area contributed by atoms with E-state index >= 15 is 0 Å². The molecule has 5 heteroatoms. The zero-order valence-electron chi connectivity index (χ0n) is 15.2. The Hall–Kier alpha value is -2.66. The highest BCUT2D eigenvalue weighted by Crippen LogP contribution is 2.42. The maximum absolute atomic E-state index is 5.74. The fraction of sp³-hybridized carbons (Fsp3) is 0.238. The Bertz CT molecular complexity index is 930. The van der Waals surface area contributed by atoms with Crippen molar-refractivity contribution in [2.45, 2.75) is 32.9 Å². The highest BCUT2D eigenvalue weighted by molar-refractivity contribution is 7.80. The second kappa shape index (κ2) is 6.57. The summed E-state index contributed by atoms with van der Waals surface area (Å²) in [6.07, 6.45) is 1.83. The first-order chi connectivity index (χ1) is 12.5. The van der Waals surface area contributed by atoms with Crippen LogP contribution in [0.1, 0.15) is 40.3 Å². The molecule has 1 aliphatic rings. The summed E-state index contributed by atoms with van der Waals surface area (Å²) in [5.74, 6) is 0. The predicted molar refractivity (Wildman–Crippen MR) is 109 cm³/mol. The molecule has 3 aromatic rings. The van der Waals surface area contributed by atoms with Crippen LogP contribution in [0.2, 0.25) is 0 Å². The molecule has 0 unspecified atom stereocenters. The molecule has 2 atom stereocenters. The van der Waals surface area contributed by atoms with Crippen molar-refractivity contribution in [2.75, 3.05) is 4.90 Å². The first-order valence-corrected chi connectivity index (χ1v) is 9.19. The molecule has 0 saturated carbocycles. The van der Waals surface area contributed by atoms with Crippen molar-refractivity contribution >= 4 is 23.0 Å². The number of hydrogen-bond acceptors (Lipinski definition) is 2. The minimum atomic E-state index is -0.00102. The lowest BCUT2D eigenvalue weighted by molar-refractivity contribution is 0.566. The van der Waals surface area contributed by atoms with Gasteiger partial charge in [0.2, 0.25) is 0 Å². The van der Waals surface area contributed by atoms with Gasteiger partial charge in [-0.3, -0.25) is 4.98 Å². The van der Waals surface area contributed by atoms with Crippen molar-refractivity contribution in [3.63, 3.8) is 0 Å². The summed E-state index contributed by atoms with van der Waals surface area (Å²) in [6, 6.07) is 16.8. The Kier molecular flexibility index (Phi) is 4.24. The average Bonchev–Trinajstić information content (AvgIpc) is 3.15. The van der Waals surface area contributed by atoms with Crippen LogP contribution >= 0.6 is 12.2 Å². The first kappa shape index (κ1) is 16.8. The van der Waals surface area contributed by atoms with Crippen LogP contribution in [0.15, 0.2) is 54.7 Å². The van der Waals surface area contributed by atoms with Crippen LogP contribution in [0.3, 0.4) is 0 Å². The van der Waals surface area contributed by atoms with Gasteiger partial charge in [-0.25, -0.2) is 0 Å². The van der Waals surface area contributed by atoms with Gasteiger partial charge in [-0.2, -0.15) is 0 Å². The fourth-order valence-corrected chi connectivity index (χ4v) is 4.05. The minimum Gasteiger partial charge on any atom is -0.362 e. The zero-order chi connectivity index (χ0) is 18.3. The van der Waals surface area contributed by atoms with Gasteiger partial charge in [-0.1, -0.05) is 23.8 Å². The Morgan fingerprint density at radius 3 is 2.42 bits per heavy atom. The highest BCUT2D eigenvalue weighted by Gasteiger charge is 2.41. The number of aromatic amines is 1. The monoisotopic (exact) mass is 362 g/mol. The first-order valence-electron chi connectivity index (χ1n) is 8.78. The Morgan fingerprint density at radius 2 is 1.81 bits per heavy atom. The lowest BCUT2D eigenvalue weighted by Gasteiger charge is -2.28. The molecule has 0 aliphatic carbocycles. The van der Waals surface area contributed by atoms with E-state index in [2.05, 4.69) is 77.4 Å². The summed E-state index contributed by atoms with van der Waals surface area (Å²) >= 11 is 5.74. The van der Waals surface area contributed by atoms with Crippen LogP contribution in [-0.4, -0.2) is 15.1 Å². The van der Waals surface area contributed by atoms with Crippen molar-refractivity contribution in [1.82, 2.24) is 15.3 Å². The average molecular weight is 363 g/mol. The number of anilines is 1. The van der Waals surface area contributed by atoms with Crippen LogP contribution in [0, 0.1) is 20.8 Å². The SMILES string of the molecule is Cc1ccc(N2C(=S)N[C@@H](c3ccccn3)[C@H]2c2cc(C)[nH]c2C)cc1. The van der Waals surface area contributed by atoms with E-state index in [1.54, 1.807) is 0 Å². The third-order valence-corrected chi connectivity index (χ3v) is 5.23. The summed E-state index contributed by atoms with van der Waals surface area (Å²) in [7, 11) is 0. The number of aromatic nitrogens is 2. The van der Waals surface area contributed by atoms with Gasteiger partial charge in [0.1, 0.15) is 0 Å². The van der Waals surface area contributed by atoms with Gasteiger partial charge < -0.3 is 15.2 Å². The summed E-state index contributed by atoms with van der Waals surface area (Å²) in [6.45, 7) is 6.30. The molecule has 1 fully saturated rings. The molecule has 1 saturated heterocycles. The maximum atomic E-state index is 5.74. The van der Waals surface area contributed by atoms with Gasteiger partial charge >= 0.3 is 0 Å². The van der Waals surface area contributed by atoms with E-state index < -0.39 is 0 Å². The number of H-pyrrole nitrogens is 1. The van der Waals surface area contributed by atoms with Gasteiger partial charge in [0, 0.05) is 23.3 Å². The van der Waals surface area contributed by atoms with Crippen molar-refractivity contribution in [3.8, 4) is 0 Å². The zero-order valence-corrected chi connectivity index (χ0v) is 16.0. The number of benzene rings is 1. The number of hydrogen-bond donors (Lipinski definition) is 2. The summed E-state index contributed by atoms with van der Waals surface area (Å²) < 4.78 is 0. The summed E-state index contributed by atoms with van der Waals surface area (Å²) in [5, 5.41) is 4.23. The van der Waals surface area contributed by atoms with Gasteiger partial charge in [-0.15, -0.1) is 0 Å². The molecule has 2 N–H and O–H groups in total. The molecule has 0 bridgehead atoms. The predicted octanol–water partition coefficient (Wildman–Crippen LogP) is 4.51. The van der Waals surface area contributed by atoms with E-state index in [-0.39, 0.29) is 12.1 Å². The number of thiocarbonyl (C=S) groups is 1. The van der Waals surface area contributed by atoms with E-state index in [1.807, 2.05) is 18.3 Å². The number of aryl methyl sites for hydroxylation is 3. The van der Waals surface area contributed by atoms with Crippen molar-refractivity contribution < 1.29 is 0 Å². The third-order valence-electron chi connectivity index (χ3n) is 4.92. The second-order valence-electron chi connectivity index (χ2n) is 6.86. The normalized spacial score (nSPS) is 19.7. The van der Waals surface area contributed by atoms with E-state index in [9.17, 15) is 0 Å². The molecule has 1 aliphatic heterocycles. The number of nitrogens with zero attached hydrogens (tertiary/aromatic N) is 2. The van der Waals surface area contributed by atoms with E-state index in [0.717, 1.165) is 27.9 Å². The van der Waals surface area contributed by atoms with E-state index in [0.29, 0.717) is 0 Å². The van der Waals surface area contributed by atoms with Gasteiger partial charge in [0.15, 0.2) is 5.11 Å². The Balaban J connectivity index is 1.85. The Labute approximate surface area is 159 Å². The summed E-state index contributed by atoms with van der Waals surface area (Å²) in [5.41, 5.74) is 6.88. The van der Waals surface area contributed by atoms with Crippen LogP contribution in [0.4, 0.5) is 5.69 Å². The number of pyridine rings is 1.